The number of hydrogen-bond acceptors (Lipinski definition) is 7. The summed E-state index contributed by atoms with van der Waals surface area (Å²) >= 11 is 0. The third-order valence-electron chi connectivity index (χ3n) is 12.4. The summed E-state index contributed by atoms with van der Waals surface area (Å²) in [6, 6.07) is 5.96. The molecule has 0 radical (unpaired) electrons. The predicted octanol–water partition coefficient (Wildman–Crippen LogP) is 9.65. The molecule has 3 aliphatic rings. The number of aryl methyl sites for hydroxylation is 1. The maximum absolute atomic E-state index is 17.4. The van der Waals surface area contributed by atoms with E-state index < -0.39 is 31.4 Å². The molecule has 7 nitrogen and oxygen atoms in total. The quantitative estimate of drug-likeness (QED) is 0.142. The zero-order valence-corrected chi connectivity index (χ0v) is 33.1. The summed E-state index contributed by atoms with van der Waals surface area (Å²) in [6.07, 6.45) is 4.32. The first-order valence-electron chi connectivity index (χ1n) is 19.4. The van der Waals surface area contributed by atoms with E-state index in [1.165, 1.54) is 12.1 Å². The van der Waals surface area contributed by atoms with Crippen molar-refractivity contribution in [2.24, 2.45) is 0 Å². The fourth-order valence-electron chi connectivity index (χ4n) is 9.87. The van der Waals surface area contributed by atoms with Crippen LogP contribution in [-0.2, 0) is 0 Å². The smallest absolute Gasteiger partial charge is 0.319 e. The zero-order valence-electron chi connectivity index (χ0n) is 32.1. The Balaban J connectivity index is 1.42. The fourth-order valence-corrected chi connectivity index (χ4v) is 15.1. The maximum atomic E-state index is 17.4. The zero-order chi connectivity index (χ0) is 37.8. The molecule has 2 aromatic carbocycles. The van der Waals surface area contributed by atoms with E-state index in [2.05, 4.69) is 62.8 Å². The van der Waals surface area contributed by atoms with Crippen LogP contribution in [0, 0.1) is 30.0 Å². The number of alkyl halides is 1. The molecule has 11 heteroatoms. The molecule has 0 aliphatic carbocycles. The Bertz CT molecular complexity index is 2090. The van der Waals surface area contributed by atoms with E-state index in [0.717, 1.165) is 51.7 Å². The minimum atomic E-state index is -2.27. The molecule has 2 aromatic heterocycles. The van der Waals surface area contributed by atoms with Gasteiger partial charge in [-0.2, -0.15) is 9.97 Å². The van der Waals surface area contributed by atoms with E-state index in [1.54, 1.807) is 19.1 Å². The molecule has 5 heterocycles. The lowest BCUT2D eigenvalue weighted by molar-refractivity contribution is 0.107. The molecule has 3 saturated heterocycles. The first-order valence-corrected chi connectivity index (χ1v) is 21.6. The number of rotatable bonds is 8. The van der Waals surface area contributed by atoms with Crippen LogP contribution in [0.1, 0.15) is 91.3 Å². The fraction of sp³-hybridized carbons (Fsp3) is 0.548. The highest BCUT2D eigenvalue weighted by molar-refractivity contribution is 6.90. The van der Waals surface area contributed by atoms with Gasteiger partial charge in [-0.15, -0.1) is 5.54 Å². The van der Waals surface area contributed by atoms with Crippen molar-refractivity contribution in [3.8, 4) is 34.5 Å². The van der Waals surface area contributed by atoms with Gasteiger partial charge in [0.15, 0.2) is 5.82 Å². The van der Waals surface area contributed by atoms with Crippen molar-refractivity contribution >= 4 is 35.6 Å². The number of fused-ring (bicyclic) bond motifs is 3. The number of aromatic hydroxyl groups is 1. The molecule has 0 unspecified atom stereocenters. The lowest BCUT2D eigenvalue weighted by Gasteiger charge is -2.38. The summed E-state index contributed by atoms with van der Waals surface area (Å²) < 4.78 is 54.3. The highest BCUT2D eigenvalue weighted by Crippen LogP contribution is 2.44. The Kier molecular flexibility index (Phi) is 10.2. The van der Waals surface area contributed by atoms with Crippen LogP contribution in [0.25, 0.3) is 32.9 Å². The SMILES string of the molecule is Cc1nc(-c2cc(O)cc3ccc(F)c(C#C[Si](C(C)C)(C(C)C)C(C)C)c23)c(F)c2nc(OC[C@@]34CCCN3C[C@H](F)C4)nc(N3CCCCC3)c12. The van der Waals surface area contributed by atoms with Crippen LogP contribution in [-0.4, -0.2) is 77.5 Å². The van der Waals surface area contributed by atoms with Crippen molar-refractivity contribution in [3.05, 3.63) is 47.2 Å². The number of anilines is 1. The molecule has 3 aliphatic heterocycles. The largest absolute Gasteiger partial charge is 0.508 e. The van der Waals surface area contributed by atoms with Crippen LogP contribution in [0.2, 0.25) is 16.6 Å². The molecule has 1 N–H and O–H groups in total. The van der Waals surface area contributed by atoms with E-state index in [-0.39, 0.29) is 40.7 Å². The summed E-state index contributed by atoms with van der Waals surface area (Å²) in [4.78, 5) is 18.7. The minimum absolute atomic E-state index is 0.0350. The average Bonchev–Trinajstić information content (AvgIpc) is 3.64. The normalized spacial score (nSPS) is 20.9. The number of nitrogens with zero attached hydrogens (tertiary/aromatic N) is 5. The van der Waals surface area contributed by atoms with Crippen molar-refractivity contribution in [2.75, 3.05) is 37.7 Å². The van der Waals surface area contributed by atoms with Crippen molar-refractivity contribution in [1.29, 1.82) is 0 Å². The van der Waals surface area contributed by atoms with Gasteiger partial charge in [0.25, 0.3) is 0 Å². The third kappa shape index (κ3) is 6.54. The number of benzene rings is 2. The first-order chi connectivity index (χ1) is 25.3. The van der Waals surface area contributed by atoms with Gasteiger partial charge >= 0.3 is 6.01 Å². The molecule has 3 fully saturated rings. The van der Waals surface area contributed by atoms with Gasteiger partial charge in [-0.1, -0.05) is 53.5 Å². The number of phenols is 1. The molecule has 0 saturated carbocycles. The number of phenolic OH excluding ortho intramolecular Hbond substituents is 1. The summed E-state index contributed by atoms with van der Waals surface area (Å²) in [7, 11) is -2.27. The number of pyridine rings is 1. The van der Waals surface area contributed by atoms with Crippen LogP contribution < -0.4 is 9.64 Å². The van der Waals surface area contributed by atoms with E-state index in [4.69, 9.17) is 19.7 Å². The Labute approximate surface area is 312 Å². The standard InChI is InChI=1S/C42H52F3N5O2Si/c1-25(2)53(26(3)4,27(5)6)19-14-32-34(44)13-12-29-20-31(51)21-33(36(29)32)38-37(45)39-35(28(7)46-38)40(49-16-9-8-10-17-49)48-41(47-39)52-24-42-15-11-18-50(42)23-30(43)22-42/h12-13,20-21,25-27,30,51H,8-11,15-18,22-24H2,1-7H3/t30-,42+/m1/s1. The molecular formula is C42H52F3N5O2Si. The number of aromatic nitrogens is 3. The van der Waals surface area contributed by atoms with Crippen molar-refractivity contribution in [2.45, 2.75) is 115 Å². The van der Waals surface area contributed by atoms with Gasteiger partial charge in [0, 0.05) is 37.0 Å². The van der Waals surface area contributed by atoms with Gasteiger partial charge in [-0.25, -0.2) is 18.2 Å². The summed E-state index contributed by atoms with van der Waals surface area (Å²) in [5.41, 5.74) is 5.08. The van der Waals surface area contributed by atoms with Gasteiger partial charge in [-0.05, 0) is 85.8 Å². The number of hydrogen-bond donors (Lipinski definition) is 1. The van der Waals surface area contributed by atoms with Crippen molar-refractivity contribution in [3.63, 3.8) is 0 Å². The first kappa shape index (κ1) is 37.4. The van der Waals surface area contributed by atoms with E-state index >= 15 is 8.78 Å². The average molecular weight is 744 g/mol. The molecule has 0 amide bonds. The molecule has 0 spiro atoms. The maximum Gasteiger partial charge on any atom is 0.319 e. The lowest BCUT2D eigenvalue weighted by atomic mass is 9.95. The van der Waals surface area contributed by atoms with Gasteiger partial charge in [0.1, 0.15) is 49.4 Å². The van der Waals surface area contributed by atoms with Crippen LogP contribution >= 0.6 is 0 Å². The van der Waals surface area contributed by atoms with Gasteiger partial charge in [0.2, 0.25) is 0 Å². The molecule has 0 bridgehead atoms. The van der Waals surface area contributed by atoms with E-state index in [9.17, 15) is 9.50 Å². The molecule has 53 heavy (non-hydrogen) atoms. The Morgan fingerprint density at radius 3 is 2.36 bits per heavy atom. The number of halogens is 3. The second-order valence-electron chi connectivity index (χ2n) is 16.5. The summed E-state index contributed by atoms with van der Waals surface area (Å²) in [5, 5.41) is 12.4. The highest BCUT2D eigenvalue weighted by atomic mass is 28.3. The monoisotopic (exact) mass is 743 g/mol. The number of piperidine rings is 1. The highest BCUT2D eigenvalue weighted by Gasteiger charge is 2.49. The minimum Gasteiger partial charge on any atom is -0.508 e. The second-order valence-corrected chi connectivity index (χ2v) is 22.1. The Morgan fingerprint density at radius 1 is 0.943 bits per heavy atom. The summed E-state index contributed by atoms with van der Waals surface area (Å²) in [5.74, 6) is 2.52. The van der Waals surface area contributed by atoms with E-state index in [0.29, 0.717) is 57.3 Å². The van der Waals surface area contributed by atoms with Crippen LogP contribution in [0.15, 0.2) is 24.3 Å². The number of ether oxygens (including phenoxy) is 1. The van der Waals surface area contributed by atoms with Gasteiger partial charge < -0.3 is 14.7 Å². The second kappa shape index (κ2) is 14.4. The van der Waals surface area contributed by atoms with Crippen LogP contribution in [0.3, 0.4) is 0 Å². The predicted molar refractivity (Wildman–Crippen MR) is 209 cm³/mol. The summed E-state index contributed by atoms with van der Waals surface area (Å²) in [6.45, 7) is 18.0. The van der Waals surface area contributed by atoms with Gasteiger partial charge in [-0.3, -0.25) is 4.90 Å². The van der Waals surface area contributed by atoms with Crippen LogP contribution in [0.5, 0.6) is 11.8 Å². The van der Waals surface area contributed by atoms with Gasteiger partial charge in [0.05, 0.1) is 22.2 Å². The third-order valence-corrected chi connectivity index (χ3v) is 18.7. The Hall–Kier alpha value is -3.88. The lowest BCUT2D eigenvalue weighted by Crippen LogP contribution is -2.43. The topological polar surface area (TPSA) is 74.6 Å². The van der Waals surface area contributed by atoms with Crippen LogP contribution in [0.4, 0.5) is 19.0 Å². The molecule has 2 atom stereocenters. The Morgan fingerprint density at radius 2 is 1.66 bits per heavy atom. The van der Waals surface area contributed by atoms with Crippen molar-refractivity contribution < 1.29 is 23.0 Å². The van der Waals surface area contributed by atoms with E-state index in [1.807, 2.05) is 0 Å². The molecule has 7 rings (SSSR count). The van der Waals surface area contributed by atoms with Crippen molar-refractivity contribution in [1.82, 2.24) is 19.9 Å². The molecule has 4 aromatic rings. The molecular weight excluding hydrogens is 692 g/mol. The molecule has 282 valence electrons.